The number of aliphatic hydroxyl groups excluding tert-OH is 1. The normalized spacial score (nSPS) is 41.8. The summed E-state index contributed by atoms with van der Waals surface area (Å²) in [6.45, 7) is 11.8. The molecule has 1 aliphatic carbocycles. The summed E-state index contributed by atoms with van der Waals surface area (Å²) in [5.74, 6) is 1.30. The average Bonchev–Trinajstić information content (AvgIpc) is 2.29. The van der Waals surface area contributed by atoms with Crippen LogP contribution in [0.3, 0.4) is 0 Å². The molecular formula is C16H31NO. The zero-order valence-corrected chi connectivity index (χ0v) is 12.7. The summed E-state index contributed by atoms with van der Waals surface area (Å²) in [4.78, 5) is 2.63. The van der Waals surface area contributed by atoms with Gasteiger partial charge in [-0.1, -0.05) is 20.8 Å². The molecule has 0 radical (unpaired) electrons. The first kappa shape index (κ1) is 14.3. The Bertz CT molecular complexity index is 276. The van der Waals surface area contributed by atoms with E-state index in [0.717, 1.165) is 18.9 Å². The fourth-order valence-corrected chi connectivity index (χ4v) is 3.89. The monoisotopic (exact) mass is 253 g/mol. The molecule has 1 N–H and O–H groups in total. The second-order valence-corrected chi connectivity index (χ2v) is 7.59. The topological polar surface area (TPSA) is 23.5 Å². The second kappa shape index (κ2) is 5.50. The van der Waals surface area contributed by atoms with E-state index >= 15 is 0 Å². The van der Waals surface area contributed by atoms with E-state index < -0.39 is 0 Å². The van der Waals surface area contributed by atoms with Crippen LogP contribution >= 0.6 is 0 Å². The van der Waals surface area contributed by atoms with Crippen molar-refractivity contribution in [2.75, 3.05) is 13.1 Å². The van der Waals surface area contributed by atoms with Gasteiger partial charge in [0.1, 0.15) is 0 Å². The summed E-state index contributed by atoms with van der Waals surface area (Å²) in [6.07, 6.45) is 5.99. The maximum Gasteiger partial charge on any atom is 0.0581 e. The highest BCUT2D eigenvalue weighted by Crippen LogP contribution is 2.39. The van der Waals surface area contributed by atoms with Crippen molar-refractivity contribution >= 4 is 0 Å². The number of rotatable bonds is 2. The number of hydrogen-bond acceptors (Lipinski definition) is 2. The summed E-state index contributed by atoms with van der Waals surface area (Å²) in [5, 5.41) is 10.3. The van der Waals surface area contributed by atoms with Gasteiger partial charge in [-0.25, -0.2) is 0 Å². The third-order valence-corrected chi connectivity index (χ3v) is 5.45. The molecule has 2 fully saturated rings. The zero-order chi connectivity index (χ0) is 13.3. The van der Waals surface area contributed by atoms with Gasteiger partial charge in [0, 0.05) is 12.6 Å². The Labute approximate surface area is 113 Å². The quantitative estimate of drug-likeness (QED) is 0.816. The van der Waals surface area contributed by atoms with Gasteiger partial charge in [0.15, 0.2) is 0 Å². The van der Waals surface area contributed by atoms with Crippen LogP contribution in [0.4, 0.5) is 0 Å². The predicted octanol–water partition coefficient (Wildman–Crippen LogP) is 3.29. The molecule has 106 valence electrons. The van der Waals surface area contributed by atoms with Crippen LogP contribution in [0.15, 0.2) is 0 Å². The predicted molar refractivity (Wildman–Crippen MR) is 76.6 cm³/mol. The Morgan fingerprint density at radius 2 is 1.94 bits per heavy atom. The molecule has 4 unspecified atom stereocenters. The van der Waals surface area contributed by atoms with Crippen LogP contribution in [0.25, 0.3) is 0 Å². The molecule has 1 saturated heterocycles. The molecule has 0 bridgehead atoms. The van der Waals surface area contributed by atoms with Gasteiger partial charge in [0.2, 0.25) is 0 Å². The average molecular weight is 253 g/mol. The van der Waals surface area contributed by atoms with E-state index in [-0.39, 0.29) is 6.10 Å². The Morgan fingerprint density at radius 1 is 1.22 bits per heavy atom. The highest BCUT2D eigenvalue weighted by molar-refractivity contribution is 4.88. The molecule has 18 heavy (non-hydrogen) atoms. The third-order valence-electron chi connectivity index (χ3n) is 5.45. The standard InChI is InChI=1S/C16H31NO/c1-12-6-5-9-17(13(12)2)11-14-10-16(3,4)8-7-15(14)18/h12-15,18H,5-11H2,1-4H3. The van der Waals surface area contributed by atoms with E-state index in [1.54, 1.807) is 0 Å². The molecule has 2 nitrogen and oxygen atoms in total. The summed E-state index contributed by atoms with van der Waals surface area (Å²) < 4.78 is 0. The molecule has 1 saturated carbocycles. The lowest BCUT2D eigenvalue weighted by Gasteiger charge is -2.44. The zero-order valence-electron chi connectivity index (χ0n) is 12.7. The smallest absolute Gasteiger partial charge is 0.0581 e. The van der Waals surface area contributed by atoms with E-state index in [2.05, 4.69) is 32.6 Å². The fourth-order valence-electron chi connectivity index (χ4n) is 3.89. The molecule has 0 aromatic rings. The van der Waals surface area contributed by atoms with Crippen molar-refractivity contribution in [1.29, 1.82) is 0 Å². The van der Waals surface area contributed by atoms with Crippen LogP contribution in [0.2, 0.25) is 0 Å². The van der Waals surface area contributed by atoms with Crippen LogP contribution in [0.1, 0.15) is 59.8 Å². The van der Waals surface area contributed by atoms with Crippen molar-refractivity contribution < 1.29 is 5.11 Å². The van der Waals surface area contributed by atoms with Crippen molar-refractivity contribution in [2.45, 2.75) is 71.9 Å². The van der Waals surface area contributed by atoms with Crippen LogP contribution in [-0.4, -0.2) is 35.2 Å². The van der Waals surface area contributed by atoms with Crippen molar-refractivity contribution in [2.24, 2.45) is 17.3 Å². The van der Waals surface area contributed by atoms with Crippen LogP contribution in [0.5, 0.6) is 0 Å². The first-order valence-electron chi connectivity index (χ1n) is 7.81. The lowest BCUT2D eigenvalue weighted by Crippen LogP contribution is -2.48. The van der Waals surface area contributed by atoms with Crippen molar-refractivity contribution in [3.05, 3.63) is 0 Å². The van der Waals surface area contributed by atoms with E-state index in [0.29, 0.717) is 17.4 Å². The van der Waals surface area contributed by atoms with Gasteiger partial charge in [-0.15, -0.1) is 0 Å². The van der Waals surface area contributed by atoms with E-state index in [4.69, 9.17) is 0 Å². The Kier molecular flexibility index (Phi) is 4.38. The first-order valence-corrected chi connectivity index (χ1v) is 7.81. The van der Waals surface area contributed by atoms with E-state index in [9.17, 15) is 5.11 Å². The highest BCUT2D eigenvalue weighted by atomic mass is 16.3. The minimum atomic E-state index is -0.0672. The summed E-state index contributed by atoms with van der Waals surface area (Å²) >= 11 is 0. The molecule has 0 spiro atoms. The molecule has 2 heteroatoms. The molecular weight excluding hydrogens is 222 g/mol. The molecule has 0 amide bonds. The maximum absolute atomic E-state index is 10.3. The number of nitrogens with zero attached hydrogens (tertiary/aromatic N) is 1. The Balaban J connectivity index is 1.94. The van der Waals surface area contributed by atoms with Gasteiger partial charge in [-0.3, -0.25) is 0 Å². The van der Waals surface area contributed by atoms with Gasteiger partial charge in [-0.05, 0) is 62.8 Å². The maximum atomic E-state index is 10.3. The lowest BCUT2D eigenvalue weighted by atomic mass is 9.70. The minimum absolute atomic E-state index is 0.0672. The van der Waals surface area contributed by atoms with Gasteiger partial charge in [0.05, 0.1) is 6.10 Å². The minimum Gasteiger partial charge on any atom is -0.393 e. The summed E-state index contributed by atoms with van der Waals surface area (Å²) in [7, 11) is 0. The molecule has 1 aliphatic heterocycles. The van der Waals surface area contributed by atoms with Gasteiger partial charge in [0.25, 0.3) is 0 Å². The van der Waals surface area contributed by atoms with Gasteiger partial charge < -0.3 is 10.0 Å². The molecule has 2 rings (SSSR count). The number of aliphatic hydroxyl groups is 1. The first-order chi connectivity index (χ1) is 8.39. The van der Waals surface area contributed by atoms with Crippen LogP contribution in [-0.2, 0) is 0 Å². The number of hydrogen-bond donors (Lipinski definition) is 1. The summed E-state index contributed by atoms with van der Waals surface area (Å²) in [5.41, 5.74) is 0.425. The molecule has 4 atom stereocenters. The van der Waals surface area contributed by atoms with Gasteiger partial charge in [-0.2, -0.15) is 0 Å². The van der Waals surface area contributed by atoms with Crippen molar-refractivity contribution in [3.8, 4) is 0 Å². The van der Waals surface area contributed by atoms with Crippen LogP contribution < -0.4 is 0 Å². The van der Waals surface area contributed by atoms with Crippen LogP contribution in [0, 0.1) is 17.3 Å². The lowest BCUT2D eigenvalue weighted by molar-refractivity contribution is -0.0123. The largest absolute Gasteiger partial charge is 0.393 e. The Morgan fingerprint density at radius 3 is 2.67 bits per heavy atom. The SMILES string of the molecule is CC1CCCN(CC2CC(C)(C)CCC2O)C1C. The summed E-state index contributed by atoms with van der Waals surface area (Å²) in [6, 6.07) is 0.691. The Hall–Kier alpha value is -0.0800. The highest BCUT2D eigenvalue weighted by Gasteiger charge is 2.36. The van der Waals surface area contributed by atoms with Gasteiger partial charge >= 0.3 is 0 Å². The number of likely N-dealkylation sites (tertiary alicyclic amines) is 1. The van der Waals surface area contributed by atoms with Crippen molar-refractivity contribution in [3.63, 3.8) is 0 Å². The third kappa shape index (κ3) is 3.27. The molecule has 0 aromatic heterocycles. The van der Waals surface area contributed by atoms with E-state index in [1.807, 2.05) is 0 Å². The fraction of sp³-hybridized carbons (Fsp3) is 1.00. The van der Waals surface area contributed by atoms with Crippen molar-refractivity contribution in [1.82, 2.24) is 4.90 Å². The molecule has 0 aromatic carbocycles. The molecule has 1 heterocycles. The second-order valence-electron chi connectivity index (χ2n) is 7.59. The molecule has 2 aliphatic rings. The number of piperidine rings is 1. The van der Waals surface area contributed by atoms with E-state index in [1.165, 1.54) is 32.2 Å².